The Labute approximate surface area is 202 Å². The van der Waals surface area contributed by atoms with Crippen molar-refractivity contribution in [1.29, 1.82) is 0 Å². The second-order valence-electron chi connectivity index (χ2n) is 9.36. The van der Waals surface area contributed by atoms with Gasteiger partial charge in [-0.15, -0.1) is 0 Å². The molecule has 0 aliphatic heterocycles. The summed E-state index contributed by atoms with van der Waals surface area (Å²) in [5.74, 6) is -0.00932. The number of nitrogens with zero attached hydrogens (tertiary/aromatic N) is 1. The van der Waals surface area contributed by atoms with E-state index in [0.717, 1.165) is 31.4 Å². The maximum atomic E-state index is 12.9. The molecule has 3 heteroatoms. The molecular weight excluding hydrogens is 416 g/mol. The summed E-state index contributed by atoms with van der Waals surface area (Å²) in [6, 6.07) is 31.6. The maximum Gasteiger partial charge on any atom is 0.251 e. The molecule has 0 saturated heterocycles. The highest BCUT2D eigenvalue weighted by molar-refractivity contribution is 5.94. The molecule has 34 heavy (non-hydrogen) atoms. The second-order valence-corrected chi connectivity index (χ2v) is 9.36. The number of nitrogens with one attached hydrogen (secondary N) is 1. The maximum absolute atomic E-state index is 12.9. The van der Waals surface area contributed by atoms with Crippen molar-refractivity contribution in [2.75, 3.05) is 0 Å². The molecule has 1 N–H and O–H groups in total. The van der Waals surface area contributed by atoms with Crippen LogP contribution < -0.4 is 5.32 Å². The number of carbonyl (C=O) groups is 1. The molecule has 5 rings (SSSR count). The van der Waals surface area contributed by atoms with Crippen LogP contribution in [-0.2, 0) is 19.3 Å². The SMILES string of the molecule is C[C@@H](CCc1ccccc1)NC(=O)c1ccc(-n2c(-c3ccccc3)cc3c2CCCC3)cc1. The molecule has 1 aromatic heterocycles. The zero-order valence-electron chi connectivity index (χ0n) is 19.8. The van der Waals surface area contributed by atoms with Crippen LogP contribution in [0.2, 0.25) is 0 Å². The van der Waals surface area contributed by atoms with E-state index in [-0.39, 0.29) is 11.9 Å². The van der Waals surface area contributed by atoms with Crippen molar-refractivity contribution in [2.45, 2.75) is 51.5 Å². The van der Waals surface area contributed by atoms with Crippen molar-refractivity contribution < 1.29 is 4.79 Å². The average molecular weight is 449 g/mol. The number of amides is 1. The lowest BCUT2D eigenvalue weighted by Crippen LogP contribution is -2.32. The topological polar surface area (TPSA) is 34.0 Å². The first-order valence-corrected chi connectivity index (χ1v) is 12.4. The van der Waals surface area contributed by atoms with Gasteiger partial charge in [0.15, 0.2) is 0 Å². The quantitative estimate of drug-likeness (QED) is 0.332. The number of fused-ring (bicyclic) bond motifs is 1. The van der Waals surface area contributed by atoms with Gasteiger partial charge in [0, 0.05) is 23.0 Å². The van der Waals surface area contributed by atoms with Gasteiger partial charge in [-0.25, -0.2) is 0 Å². The summed E-state index contributed by atoms with van der Waals surface area (Å²) in [6.07, 6.45) is 6.61. The number of aryl methyl sites for hydroxylation is 2. The van der Waals surface area contributed by atoms with E-state index in [4.69, 9.17) is 0 Å². The Morgan fingerprint density at radius 3 is 2.29 bits per heavy atom. The molecule has 0 radical (unpaired) electrons. The van der Waals surface area contributed by atoms with Gasteiger partial charge in [0.25, 0.3) is 5.91 Å². The van der Waals surface area contributed by atoms with E-state index in [2.05, 4.69) is 89.6 Å². The lowest BCUT2D eigenvalue weighted by atomic mass is 9.98. The van der Waals surface area contributed by atoms with Gasteiger partial charge in [-0.1, -0.05) is 60.7 Å². The Balaban J connectivity index is 1.33. The van der Waals surface area contributed by atoms with E-state index in [0.29, 0.717) is 5.56 Å². The molecule has 1 amide bonds. The zero-order valence-corrected chi connectivity index (χ0v) is 19.8. The summed E-state index contributed by atoms with van der Waals surface area (Å²) in [5, 5.41) is 3.16. The summed E-state index contributed by atoms with van der Waals surface area (Å²) in [6.45, 7) is 2.08. The van der Waals surface area contributed by atoms with Crippen LogP contribution in [0.25, 0.3) is 16.9 Å². The number of rotatable bonds is 7. The van der Waals surface area contributed by atoms with Crippen LogP contribution in [0.15, 0.2) is 91.0 Å². The number of hydrogen-bond donors (Lipinski definition) is 1. The highest BCUT2D eigenvalue weighted by Gasteiger charge is 2.20. The Morgan fingerprint density at radius 1 is 0.882 bits per heavy atom. The van der Waals surface area contributed by atoms with Crippen LogP contribution in [0.3, 0.4) is 0 Å². The molecule has 0 fully saturated rings. The number of aromatic nitrogens is 1. The van der Waals surface area contributed by atoms with E-state index < -0.39 is 0 Å². The van der Waals surface area contributed by atoms with Gasteiger partial charge in [-0.05, 0) is 92.5 Å². The molecule has 1 aliphatic carbocycles. The van der Waals surface area contributed by atoms with E-state index in [1.807, 2.05) is 18.2 Å². The first kappa shape index (κ1) is 22.2. The zero-order chi connectivity index (χ0) is 23.3. The normalized spacial score (nSPS) is 13.8. The molecule has 0 bridgehead atoms. The van der Waals surface area contributed by atoms with Crippen LogP contribution >= 0.6 is 0 Å². The fourth-order valence-corrected chi connectivity index (χ4v) is 4.98. The average Bonchev–Trinajstić information content (AvgIpc) is 3.28. The summed E-state index contributed by atoms with van der Waals surface area (Å²) in [7, 11) is 0. The minimum Gasteiger partial charge on any atom is -0.350 e. The van der Waals surface area contributed by atoms with Gasteiger partial charge in [0.1, 0.15) is 0 Å². The summed E-state index contributed by atoms with van der Waals surface area (Å²) in [5.41, 5.74) is 8.46. The molecule has 1 aliphatic rings. The number of hydrogen-bond acceptors (Lipinski definition) is 1. The van der Waals surface area contributed by atoms with Crippen LogP contribution in [-0.4, -0.2) is 16.5 Å². The minimum absolute atomic E-state index is 0.00932. The summed E-state index contributed by atoms with van der Waals surface area (Å²) in [4.78, 5) is 12.9. The second kappa shape index (κ2) is 10.1. The minimum atomic E-state index is -0.00932. The summed E-state index contributed by atoms with van der Waals surface area (Å²) < 4.78 is 2.40. The molecular formula is C31H32N2O. The van der Waals surface area contributed by atoms with Crippen molar-refractivity contribution in [2.24, 2.45) is 0 Å². The molecule has 172 valence electrons. The number of carbonyl (C=O) groups excluding carboxylic acids is 1. The van der Waals surface area contributed by atoms with E-state index >= 15 is 0 Å². The standard InChI is InChI=1S/C31H32N2O/c1-23(16-17-24-10-4-2-5-11-24)32-31(34)26-18-20-28(21-19-26)33-29-15-9-8-14-27(29)22-30(33)25-12-6-3-7-13-25/h2-7,10-13,18-23H,8-9,14-17H2,1H3,(H,32,34)/t23-/m0/s1. The van der Waals surface area contributed by atoms with Crippen molar-refractivity contribution in [3.05, 3.63) is 113 Å². The third kappa shape index (κ3) is 4.84. The molecule has 0 unspecified atom stereocenters. The smallest absolute Gasteiger partial charge is 0.251 e. The van der Waals surface area contributed by atoms with Crippen molar-refractivity contribution in [1.82, 2.24) is 9.88 Å². The van der Waals surface area contributed by atoms with Gasteiger partial charge in [-0.3, -0.25) is 4.79 Å². The van der Waals surface area contributed by atoms with Crippen LogP contribution in [0.1, 0.15) is 53.4 Å². The van der Waals surface area contributed by atoms with E-state index in [1.54, 1.807) is 0 Å². The van der Waals surface area contributed by atoms with Gasteiger partial charge in [0.05, 0.1) is 5.69 Å². The van der Waals surface area contributed by atoms with Crippen molar-refractivity contribution in [3.8, 4) is 16.9 Å². The van der Waals surface area contributed by atoms with E-state index in [9.17, 15) is 4.79 Å². The fourth-order valence-electron chi connectivity index (χ4n) is 4.98. The summed E-state index contributed by atoms with van der Waals surface area (Å²) >= 11 is 0. The fraction of sp³-hybridized carbons (Fsp3) is 0.258. The highest BCUT2D eigenvalue weighted by Crippen LogP contribution is 2.33. The van der Waals surface area contributed by atoms with E-state index in [1.165, 1.54) is 40.9 Å². The molecule has 0 spiro atoms. The third-order valence-electron chi connectivity index (χ3n) is 6.85. The van der Waals surface area contributed by atoms with Gasteiger partial charge in [0.2, 0.25) is 0 Å². The predicted molar refractivity (Wildman–Crippen MR) is 140 cm³/mol. The molecule has 0 saturated carbocycles. The highest BCUT2D eigenvalue weighted by atomic mass is 16.1. The first-order valence-electron chi connectivity index (χ1n) is 12.4. The number of benzene rings is 3. The molecule has 4 aromatic rings. The van der Waals surface area contributed by atoms with Crippen LogP contribution in [0.5, 0.6) is 0 Å². The molecule has 1 atom stereocenters. The lowest BCUT2D eigenvalue weighted by Gasteiger charge is -2.18. The molecule has 1 heterocycles. The van der Waals surface area contributed by atoms with Crippen LogP contribution in [0, 0.1) is 0 Å². The Hall–Kier alpha value is -3.59. The monoisotopic (exact) mass is 448 g/mol. The van der Waals surface area contributed by atoms with Crippen LogP contribution in [0.4, 0.5) is 0 Å². The lowest BCUT2D eigenvalue weighted by molar-refractivity contribution is 0.0938. The van der Waals surface area contributed by atoms with Crippen molar-refractivity contribution in [3.63, 3.8) is 0 Å². The largest absolute Gasteiger partial charge is 0.350 e. The Bertz CT molecular complexity index is 1240. The Kier molecular flexibility index (Phi) is 6.62. The predicted octanol–water partition coefficient (Wildman–Crippen LogP) is 6.77. The third-order valence-corrected chi connectivity index (χ3v) is 6.85. The van der Waals surface area contributed by atoms with Crippen molar-refractivity contribution >= 4 is 5.91 Å². The Morgan fingerprint density at radius 2 is 1.56 bits per heavy atom. The van der Waals surface area contributed by atoms with Gasteiger partial charge >= 0.3 is 0 Å². The molecule has 3 aromatic carbocycles. The molecule has 3 nitrogen and oxygen atoms in total. The van der Waals surface area contributed by atoms with Gasteiger partial charge < -0.3 is 9.88 Å². The first-order chi connectivity index (χ1) is 16.7. The van der Waals surface area contributed by atoms with Gasteiger partial charge in [-0.2, -0.15) is 0 Å².